The predicted octanol–water partition coefficient (Wildman–Crippen LogP) is 1.11. The van der Waals surface area contributed by atoms with E-state index in [2.05, 4.69) is 15.6 Å². The molecule has 0 bridgehead atoms. The van der Waals surface area contributed by atoms with Gasteiger partial charge in [0.15, 0.2) is 18.4 Å². The number of aliphatic carboxylic acids is 2. The van der Waals surface area contributed by atoms with Gasteiger partial charge in [0.25, 0.3) is 11.8 Å². The molecule has 0 aliphatic carbocycles. The molecular weight excluding hydrogens is 649 g/mol. The monoisotopic (exact) mass is 672 g/mol. The number of carboxylic acid groups (broad SMARTS) is 2. The van der Waals surface area contributed by atoms with E-state index in [-0.39, 0.29) is 34.9 Å². The number of carboxylic acids is 2. The molecule has 1 fully saturated rings. The van der Waals surface area contributed by atoms with Gasteiger partial charge in [0.05, 0.1) is 11.6 Å². The fourth-order valence-corrected chi connectivity index (χ4v) is 7.40. The van der Waals surface area contributed by atoms with E-state index < -0.39 is 41.9 Å². The number of pyridine rings is 2. The predicted molar refractivity (Wildman–Crippen MR) is 159 cm³/mol. The minimum absolute atomic E-state index is 0.0348. The van der Waals surface area contributed by atoms with Crippen LogP contribution in [0.4, 0.5) is 0 Å². The smallest absolute Gasteiger partial charge is 0.352 e. The molecule has 5 N–H and O–H groups in total. The molecule has 2 aliphatic heterocycles. The first-order chi connectivity index (χ1) is 20.0. The number of amides is 2. The zero-order valence-corrected chi connectivity index (χ0v) is 25.5. The summed E-state index contributed by atoms with van der Waals surface area (Å²) < 4.78 is 1.53. The van der Waals surface area contributed by atoms with E-state index in [1.165, 1.54) is 33.0 Å². The SMILES string of the molecule is O=C(C[n+]1ccc(SCC2=C(C(=O)O)N3C(=O)[C@@H](NC(=S)Cc4cc(Cl)nc(Cl)c4)[C@H]3SC2)cc1)NC(CO)C(=O)O. The average Bonchev–Trinajstić information content (AvgIpc) is 2.92. The minimum atomic E-state index is -1.38. The molecule has 2 aromatic heterocycles. The van der Waals surface area contributed by atoms with E-state index >= 15 is 0 Å². The van der Waals surface area contributed by atoms with Crippen LogP contribution in [-0.4, -0.2) is 89.5 Å². The number of β-lactam (4-membered cyclic amide) rings is 1. The van der Waals surface area contributed by atoms with Gasteiger partial charge in [0.1, 0.15) is 27.4 Å². The van der Waals surface area contributed by atoms with Crippen LogP contribution in [0, 0.1) is 0 Å². The van der Waals surface area contributed by atoms with Crippen LogP contribution in [0.5, 0.6) is 0 Å². The Labute approximate surface area is 263 Å². The fraction of sp³-hybridized carbons (Fsp3) is 0.320. The lowest BCUT2D eigenvalue weighted by Gasteiger charge is -2.49. The van der Waals surface area contributed by atoms with Gasteiger partial charge in [0, 0.05) is 35.0 Å². The molecule has 2 aliphatic rings. The highest BCUT2D eigenvalue weighted by Gasteiger charge is 2.53. The van der Waals surface area contributed by atoms with Gasteiger partial charge in [0.2, 0.25) is 6.54 Å². The summed E-state index contributed by atoms with van der Waals surface area (Å²) in [6, 6.07) is 4.67. The maximum Gasteiger partial charge on any atom is 0.352 e. The summed E-state index contributed by atoms with van der Waals surface area (Å²) >= 11 is 20.1. The van der Waals surface area contributed by atoms with E-state index in [1.807, 2.05) is 0 Å². The van der Waals surface area contributed by atoms with Crippen LogP contribution >= 0.6 is 58.9 Å². The molecule has 0 saturated carbocycles. The molecular formula is C25H24Cl2N5O7S3+. The highest BCUT2D eigenvalue weighted by atomic mass is 35.5. The number of halogens is 2. The number of nitrogens with zero attached hydrogens (tertiary/aromatic N) is 3. The molecule has 2 aromatic rings. The molecule has 0 spiro atoms. The van der Waals surface area contributed by atoms with Gasteiger partial charge < -0.3 is 26.0 Å². The first-order valence-electron chi connectivity index (χ1n) is 12.2. The average molecular weight is 674 g/mol. The molecule has 3 atom stereocenters. The molecule has 2 amide bonds. The summed E-state index contributed by atoms with van der Waals surface area (Å²) in [6.45, 7) is -0.874. The van der Waals surface area contributed by atoms with Gasteiger partial charge in [-0.25, -0.2) is 14.6 Å². The fourth-order valence-electron chi connectivity index (χ4n) is 4.23. The number of carbonyl (C=O) groups excluding carboxylic acids is 2. The van der Waals surface area contributed by atoms with Crippen molar-refractivity contribution in [1.29, 1.82) is 0 Å². The third kappa shape index (κ3) is 7.71. The number of thioether (sulfide) groups is 2. The Morgan fingerprint density at radius 2 is 1.88 bits per heavy atom. The number of hydrogen-bond acceptors (Lipinski definition) is 9. The summed E-state index contributed by atoms with van der Waals surface area (Å²) in [6.07, 6.45) is 3.54. The summed E-state index contributed by atoms with van der Waals surface area (Å²) in [5.41, 5.74) is 1.29. The number of carbonyl (C=O) groups is 4. The highest BCUT2D eigenvalue weighted by molar-refractivity contribution is 8.01. The highest BCUT2D eigenvalue weighted by Crippen LogP contribution is 2.41. The van der Waals surface area contributed by atoms with Gasteiger partial charge in [-0.1, -0.05) is 35.4 Å². The quantitative estimate of drug-likeness (QED) is 0.0716. The van der Waals surface area contributed by atoms with Gasteiger partial charge in [-0.3, -0.25) is 14.5 Å². The van der Waals surface area contributed by atoms with E-state index in [0.29, 0.717) is 22.1 Å². The van der Waals surface area contributed by atoms with Crippen molar-refractivity contribution in [2.75, 3.05) is 18.1 Å². The topological polar surface area (TPSA) is 173 Å². The van der Waals surface area contributed by atoms with Gasteiger partial charge in [-0.2, -0.15) is 4.57 Å². The van der Waals surface area contributed by atoms with Crippen LogP contribution in [0.2, 0.25) is 10.3 Å². The van der Waals surface area contributed by atoms with Crippen molar-refractivity contribution in [1.82, 2.24) is 20.5 Å². The van der Waals surface area contributed by atoms with E-state index in [1.54, 1.807) is 36.7 Å². The third-order valence-corrected chi connectivity index (χ3v) is 9.26. The van der Waals surface area contributed by atoms with Crippen molar-refractivity contribution < 1.29 is 39.1 Å². The van der Waals surface area contributed by atoms with Crippen molar-refractivity contribution >= 4 is 87.7 Å². The van der Waals surface area contributed by atoms with Crippen molar-refractivity contribution in [3.8, 4) is 0 Å². The molecule has 222 valence electrons. The first-order valence-corrected chi connectivity index (χ1v) is 15.4. The Bertz CT molecular complexity index is 1440. The van der Waals surface area contributed by atoms with Crippen LogP contribution in [0.1, 0.15) is 5.56 Å². The number of nitrogens with one attached hydrogen (secondary N) is 2. The summed E-state index contributed by atoms with van der Waals surface area (Å²) in [4.78, 5) is 54.6. The zero-order valence-electron chi connectivity index (χ0n) is 21.5. The van der Waals surface area contributed by atoms with Gasteiger partial charge in [-0.05, 0) is 23.3 Å². The second-order valence-electron chi connectivity index (χ2n) is 9.15. The maximum atomic E-state index is 13.0. The molecule has 0 radical (unpaired) electrons. The molecule has 1 unspecified atom stereocenters. The lowest BCUT2D eigenvalue weighted by Crippen LogP contribution is -2.70. The number of aromatic nitrogens is 2. The molecule has 4 rings (SSSR count). The zero-order chi connectivity index (χ0) is 30.6. The lowest BCUT2D eigenvalue weighted by atomic mass is 10.0. The largest absolute Gasteiger partial charge is 0.480 e. The molecule has 1 saturated heterocycles. The van der Waals surface area contributed by atoms with E-state index in [9.17, 15) is 24.3 Å². The second kappa shape index (κ2) is 14.0. The Morgan fingerprint density at radius 3 is 2.48 bits per heavy atom. The Morgan fingerprint density at radius 1 is 1.21 bits per heavy atom. The Hall–Kier alpha value is -2.95. The van der Waals surface area contributed by atoms with Crippen LogP contribution in [0.3, 0.4) is 0 Å². The molecule has 12 nitrogen and oxygen atoms in total. The number of aliphatic hydroxyl groups excluding tert-OH is 1. The summed E-state index contributed by atoms with van der Waals surface area (Å²) in [5, 5.41) is 33.2. The number of thiocarbonyl (C=S) groups is 1. The molecule has 17 heteroatoms. The normalized spacial score (nSPS) is 18.5. The van der Waals surface area contributed by atoms with Crippen molar-refractivity contribution in [2.45, 2.75) is 35.3 Å². The lowest BCUT2D eigenvalue weighted by molar-refractivity contribution is -0.684. The number of aliphatic hydroxyl groups is 1. The van der Waals surface area contributed by atoms with Crippen LogP contribution in [0.25, 0.3) is 0 Å². The third-order valence-electron chi connectivity index (χ3n) is 6.17. The molecule has 4 heterocycles. The Kier molecular flexibility index (Phi) is 10.7. The van der Waals surface area contributed by atoms with Crippen molar-refractivity contribution in [3.63, 3.8) is 0 Å². The summed E-state index contributed by atoms with van der Waals surface area (Å²) in [5.74, 6) is -2.75. The van der Waals surface area contributed by atoms with E-state index in [0.717, 1.165) is 10.5 Å². The maximum absolute atomic E-state index is 13.0. The van der Waals surface area contributed by atoms with Crippen molar-refractivity contribution in [2.24, 2.45) is 0 Å². The van der Waals surface area contributed by atoms with Crippen LogP contribution < -0.4 is 15.2 Å². The first kappa shape index (κ1) is 32.0. The van der Waals surface area contributed by atoms with Crippen molar-refractivity contribution in [3.05, 3.63) is 63.8 Å². The van der Waals surface area contributed by atoms with Gasteiger partial charge >= 0.3 is 11.9 Å². The standard InChI is InChI=1S/C25H23Cl2N5O7S3/c26-16-5-12(6-17(27)29-16)7-19(40)30-20-22(35)32-21(25(38)39)13(11-42-23(20)32)10-41-14-1-3-31(4-2-14)8-18(34)28-15(9-33)24(36)37/h1-6,15,20,23,33H,7-11H2,(H3-,28,30,34,36,37,38,39,40)/p+1/t15?,20-,23-/m1/s1. The minimum Gasteiger partial charge on any atom is -0.480 e. The Balaban J connectivity index is 1.34. The van der Waals surface area contributed by atoms with Crippen LogP contribution in [0.15, 0.2) is 52.8 Å². The summed E-state index contributed by atoms with van der Waals surface area (Å²) in [7, 11) is 0. The van der Waals surface area contributed by atoms with Gasteiger partial charge in [-0.15, -0.1) is 23.5 Å². The van der Waals surface area contributed by atoms with Crippen LogP contribution in [-0.2, 0) is 32.1 Å². The number of rotatable bonds is 12. The molecule has 0 aromatic carbocycles. The number of fused-ring (bicyclic) bond motifs is 1. The second-order valence-corrected chi connectivity index (χ2v) is 12.6. The van der Waals surface area contributed by atoms with E-state index in [4.69, 9.17) is 45.6 Å². The number of hydrogen-bond donors (Lipinski definition) is 5. The molecule has 42 heavy (non-hydrogen) atoms.